The maximum Gasteiger partial charge on any atom is 0.433 e. The third-order valence-electron chi connectivity index (χ3n) is 6.21. The number of anilines is 1. The van der Waals surface area contributed by atoms with E-state index >= 15 is 0 Å². The molecule has 6 nitrogen and oxygen atoms in total. The number of rotatable bonds is 6. The lowest BCUT2D eigenvalue weighted by Gasteiger charge is -2.39. The van der Waals surface area contributed by atoms with Gasteiger partial charge in [0.1, 0.15) is 11.4 Å². The van der Waals surface area contributed by atoms with Crippen LogP contribution in [0.4, 0.5) is 23.7 Å². The summed E-state index contributed by atoms with van der Waals surface area (Å²) in [6, 6.07) is 16.7. The molecule has 2 heterocycles. The van der Waals surface area contributed by atoms with Crippen molar-refractivity contribution in [2.45, 2.75) is 31.1 Å². The molecule has 1 saturated heterocycles. The van der Waals surface area contributed by atoms with Crippen LogP contribution in [0.25, 0.3) is 0 Å². The number of methoxy groups -OCH3 is 1. The van der Waals surface area contributed by atoms with E-state index in [-0.39, 0.29) is 30.1 Å². The van der Waals surface area contributed by atoms with Crippen LogP contribution in [0.15, 0.2) is 66.9 Å². The minimum atomic E-state index is -4.52. The Balaban J connectivity index is 1.51. The van der Waals surface area contributed by atoms with E-state index in [4.69, 9.17) is 16.3 Å². The van der Waals surface area contributed by atoms with Crippen molar-refractivity contribution in [3.8, 4) is 5.75 Å². The molecule has 0 spiro atoms. The van der Waals surface area contributed by atoms with Gasteiger partial charge < -0.3 is 15.4 Å². The van der Waals surface area contributed by atoms with Gasteiger partial charge in [-0.05, 0) is 60.0 Å². The molecule has 2 N–H and O–H groups in total. The number of carbonyl (C=O) groups excluding carboxylic acids is 1. The summed E-state index contributed by atoms with van der Waals surface area (Å²) in [6.45, 7) is 1.09. The molecule has 4 rings (SSSR count). The highest BCUT2D eigenvalue weighted by atomic mass is 35.5. The number of likely N-dealkylation sites (tertiary alicyclic amines) is 1. The summed E-state index contributed by atoms with van der Waals surface area (Å²) in [5.41, 5.74) is 0.824. The molecule has 1 fully saturated rings. The third kappa shape index (κ3) is 6.47. The van der Waals surface area contributed by atoms with E-state index in [9.17, 15) is 18.0 Å². The number of hydrogen-bond acceptors (Lipinski definition) is 4. The molecule has 1 unspecified atom stereocenters. The summed E-state index contributed by atoms with van der Waals surface area (Å²) < 4.78 is 45.7. The van der Waals surface area contributed by atoms with Crippen molar-refractivity contribution in [3.63, 3.8) is 0 Å². The molecule has 190 valence electrons. The molecule has 0 saturated carbocycles. The normalized spacial score (nSPS) is 18.5. The fourth-order valence-electron chi connectivity index (χ4n) is 4.46. The molecule has 1 aliphatic rings. The van der Waals surface area contributed by atoms with Gasteiger partial charge in [0.15, 0.2) is 0 Å². The number of nitrogens with zero attached hydrogens (tertiary/aromatic N) is 2. The SMILES string of the molecule is COc1ccc(C2CN(Cc3cccnc3C(F)(F)F)CC[C@H]2NC(=O)Nc2ccc(Cl)cc2)cc1. The Morgan fingerprint density at radius 1 is 1.14 bits per heavy atom. The second kappa shape index (κ2) is 11.2. The van der Waals surface area contributed by atoms with Crippen LogP contribution in [0.3, 0.4) is 0 Å². The van der Waals surface area contributed by atoms with Crippen molar-refractivity contribution < 1.29 is 22.7 Å². The number of alkyl halides is 3. The minimum Gasteiger partial charge on any atom is -0.497 e. The number of halogens is 4. The van der Waals surface area contributed by atoms with Crippen LogP contribution in [0.5, 0.6) is 5.75 Å². The van der Waals surface area contributed by atoms with Gasteiger partial charge in [-0.1, -0.05) is 29.8 Å². The molecule has 1 aliphatic heterocycles. The number of piperidine rings is 1. The van der Waals surface area contributed by atoms with E-state index < -0.39 is 11.9 Å². The number of hydrogen-bond donors (Lipinski definition) is 2. The fourth-order valence-corrected chi connectivity index (χ4v) is 4.58. The molecular formula is C26H26ClF3N4O2. The first kappa shape index (κ1) is 25.8. The summed E-state index contributed by atoms with van der Waals surface area (Å²) in [5, 5.41) is 6.42. The molecule has 10 heteroatoms. The highest BCUT2D eigenvalue weighted by Gasteiger charge is 2.37. The summed E-state index contributed by atoms with van der Waals surface area (Å²) in [4.78, 5) is 18.3. The molecule has 2 atom stereocenters. The Bertz CT molecular complexity index is 1170. The second-order valence-corrected chi connectivity index (χ2v) is 9.06. The first-order valence-electron chi connectivity index (χ1n) is 11.4. The third-order valence-corrected chi connectivity index (χ3v) is 6.47. The van der Waals surface area contributed by atoms with Crippen LogP contribution in [0, 0.1) is 0 Å². The zero-order chi connectivity index (χ0) is 25.7. The van der Waals surface area contributed by atoms with Crippen LogP contribution in [-0.2, 0) is 12.7 Å². The van der Waals surface area contributed by atoms with E-state index in [1.807, 2.05) is 29.2 Å². The number of amides is 2. The lowest BCUT2D eigenvalue weighted by Crippen LogP contribution is -2.50. The summed E-state index contributed by atoms with van der Waals surface area (Å²) >= 11 is 5.91. The van der Waals surface area contributed by atoms with Gasteiger partial charge in [0.25, 0.3) is 0 Å². The molecule has 0 aliphatic carbocycles. The summed E-state index contributed by atoms with van der Waals surface area (Å²) in [6.07, 6.45) is -2.81. The average Bonchev–Trinajstić information content (AvgIpc) is 2.86. The average molecular weight is 519 g/mol. The van der Waals surface area contributed by atoms with Crippen molar-refractivity contribution in [1.29, 1.82) is 0 Å². The standard InChI is InChI=1S/C26H26ClF3N4O2/c1-36-21-10-4-17(5-11-21)22-16-34(15-18-3-2-13-31-24(18)26(28,29)30)14-12-23(22)33-25(35)32-20-8-6-19(27)7-9-20/h2-11,13,22-23H,12,14-16H2,1H3,(H2,32,33,35)/t22?,23-/m1/s1. The Labute approximate surface area is 212 Å². The molecule has 0 radical (unpaired) electrons. The van der Waals surface area contributed by atoms with Crippen LogP contribution >= 0.6 is 11.6 Å². The van der Waals surface area contributed by atoms with Crippen LogP contribution in [0.1, 0.15) is 29.2 Å². The highest BCUT2D eigenvalue weighted by Crippen LogP contribution is 2.33. The molecule has 2 aromatic carbocycles. The predicted molar refractivity (Wildman–Crippen MR) is 132 cm³/mol. The highest BCUT2D eigenvalue weighted by molar-refractivity contribution is 6.30. The Kier molecular flexibility index (Phi) is 8.01. The van der Waals surface area contributed by atoms with Gasteiger partial charge in [0.2, 0.25) is 0 Å². The van der Waals surface area contributed by atoms with Gasteiger partial charge in [-0.25, -0.2) is 4.79 Å². The molecular weight excluding hydrogens is 493 g/mol. The van der Waals surface area contributed by atoms with Gasteiger partial charge in [0.05, 0.1) is 7.11 Å². The van der Waals surface area contributed by atoms with E-state index in [1.165, 1.54) is 12.1 Å². The van der Waals surface area contributed by atoms with Crippen molar-refractivity contribution in [1.82, 2.24) is 15.2 Å². The van der Waals surface area contributed by atoms with E-state index in [0.717, 1.165) is 11.8 Å². The Hall–Kier alpha value is -3.30. The first-order chi connectivity index (χ1) is 17.2. The van der Waals surface area contributed by atoms with E-state index in [1.54, 1.807) is 31.4 Å². The molecule has 2 amide bonds. The zero-order valence-corrected chi connectivity index (χ0v) is 20.3. The summed E-state index contributed by atoms with van der Waals surface area (Å²) in [7, 11) is 1.58. The van der Waals surface area contributed by atoms with Crippen molar-refractivity contribution in [2.75, 3.05) is 25.5 Å². The molecule has 0 bridgehead atoms. The summed E-state index contributed by atoms with van der Waals surface area (Å²) in [5.74, 6) is 0.549. The molecule has 1 aromatic heterocycles. The van der Waals surface area contributed by atoms with Gasteiger partial charge in [-0.2, -0.15) is 13.2 Å². The maximum absolute atomic E-state index is 13.5. The van der Waals surface area contributed by atoms with Gasteiger partial charge in [-0.3, -0.25) is 9.88 Å². The number of ether oxygens (including phenoxy) is 1. The topological polar surface area (TPSA) is 66.5 Å². The monoisotopic (exact) mass is 518 g/mol. The van der Waals surface area contributed by atoms with Crippen molar-refractivity contribution in [3.05, 3.63) is 88.7 Å². The first-order valence-corrected chi connectivity index (χ1v) is 11.8. The van der Waals surface area contributed by atoms with Crippen LogP contribution in [-0.4, -0.2) is 42.2 Å². The lowest BCUT2D eigenvalue weighted by atomic mass is 9.85. The van der Waals surface area contributed by atoms with Crippen molar-refractivity contribution >= 4 is 23.3 Å². The van der Waals surface area contributed by atoms with Crippen LogP contribution in [0.2, 0.25) is 5.02 Å². The lowest BCUT2D eigenvalue weighted by molar-refractivity contribution is -0.142. The second-order valence-electron chi connectivity index (χ2n) is 8.62. The molecule has 36 heavy (non-hydrogen) atoms. The zero-order valence-electron chi connectivity index (χ0n) is 19.6. The quantitative estimate of drug-likeness (QED) is 0.424. The number of pyridine rings is 1. The number of aromatic nitrogens is 1. The van der Waals surface area contributed by atoms with E-state index in [2.05, 4.69) is 15.6 Å². The smallest absolute Gasteiger partial charge is 0.433 e. The van der Waals surface area contributed by atoms with Crippen molar-refractivity contribution in [2.24, 2.45) is 0 Å². The Morgan fingerprint density at radius 3 is 2.53 bits per heavy atom. The number of urea groups is 1. The minimum absolute atomic E-state index is 0.110. The fraction of sp³-hybridized carbons (Fsp3) is 0.308. The predicted octanol–water partition coefficient (Wildman–Crippen LogP) is 5.94. The largest absolute Gasteiger partial charge is 0.497 e. The van der Waals surface area contributed by atoms with Gasteiger partial charge in [-0.15, -0.1) is 0 Å². The van der Waals surface area contributed by atoms with Gasteiger partial charge in [0, 0.05) is 48.5 Å². The number of benzene rings is 2. The van der Waals surface area contributed by atoms with E-state index in [0.29, 0.717) is 36.0 Å². The van der Waals surface area contributed by atoms with Crippen LogP contribution < -0.4 is 15.4 Å². The molecule has 3 aromatic rings. The maximum atomic E-state index is 13.5. The Morgan fingerprint density at radius 2 is 1.86 bits per heavy atom. The number of carbonyl (C=O) groups is 1. The van der Waals surface area contributed by atoms with Gasteiger partial charge >= 0.3 is 12.2 Å². The number of nitrogens with one attached hydrogen (secondary N) is 2.